The van der Waals surface area contributed by atoms with E-state index in [4.69, 9.17) is 4.74 Å². The van der Waals surface area contributed by atoms with E-state index in [-0.39, 0.29) is 6.10 Å². The molecule has 0 saturated carbocycles. The van der Waals surface area contributed by atoms with E-state index in [1.165, 1.54) is 0 Å². The zero-order chi connectivity index (χ0) is 12.1. The fraction of sp³-hybridized carbons (Fsp3) is 0.667. The molecule has 0 bridgehead atoms. The van der Waals surface area contributed by atoms with E-state index < -0.39 is 0 Å². The second-order valence-electron chi connectivity index (χ2n) is 4.33. The minimum Gasteiger partial charge on any atom is -0.393 e. The van der Waals surface area contributed by atoms with Crippen LogP contribution < -0.4 is 4.90 Å². The first-order chi connectivity index (χ1) is 8.29. The lowest BCUT2D eigenvalue weighted by molar-refractivity contribution is 0.145. The molecule has 1 N–H and O–H groups in total. The predicted molar refractivity (Wildman–Crippen MR) is 65.1 cm³/mol. The lowest BCUT2D eigenvalue weighted by Crippen LogP contribution is -2.36. The van der Waals surface area contributed by atoms with E-state index in [0.29, 0.717) is 6.61 Å². The average Bonchev–Trinajstić information content (AvgIpc) is 2.37. The minimum absolute atomic E-state index is 0.152. The Kier molecular flexibility index (Phi) is 4.28. The van der Waals surface area contributed by atoms with Crippen LogP contribution in [0.3, 0.4) is 0 Å². The van der Waals surface area contributed by atoms with Crippen LogP contribution in [0, 0.1) is 0 Å². The Bertz CT molecular complexity index is 351. The molecule has 2 rings (SSSR count). The van der Waals surface area contributed by atoms with Gasteiger partial charge in [-0.1, -0.05) is 0 Å². The molecule has 0 unspecified atom stereocenters. The number of nitrogens with zero attached hydrogens (tertiary/aromatic N) is 3. The Hall–Kier alpha value is -1.20. The number of hydrogen-bond donors (Lipinski definition) is 1. The number of aliphatic hydroxyl groups is 1. The maximum atomic E-state index is 9.47. The van der Waals surface area contributed by atoms with Crippen LogP contribution >= 0.6 is 0 Å². The summed E-state index contributed by atoms with van der Waals surface area (Å²) < 4.78 is 5.04. The average molecular weight is 237 g/mol. The normalized spacial score (nSPS) is 17.4. The van der Waals surface area contributed by atoms with Gasteiger partial charge in [-0.15, -0.1) is 0 Å². The van der Waals surface area contributed by atoms with Gasteiger partial charge in [0, 0.05) is 38.4 Å². The van der Waals surface area contributed by atoms with Crippen LogP contribution in [-0.2, 0) is 11.2 Å². The van der Waals surface area contributed by atoms with Crippen molar-refractivity contribution in [2.75, 3.05) is 31.7 Å². The smallest absolute Gasteiger partial charge is 0.132 e. The largest absolute Gasteiger partial charge is 0.393 e. The Balaban J connectivity index is 2.00. The lowest BCUT2D eigenvalue weighted by Gasteiger charge is -2.30. The second kappa shape index (κ2) is 5.93. The molecule has 17 heavy (non-hydrogen) atoms. The number of piperidine rings is 1. The quantitative estimate of drug-likeness (QED) is 0.832. The Morgan fingerprint density at radius 2 is 2.18 bits per heavy atom. The number of methoxy groups -OCH3 is 1. The topological polar surface area (TPSA) is 58.5 Å². The Labute approximate surface area is 101 Å². The van der Waals surface area contributed by atoms with Crippen LogP contribution in [0.2, 0.25) is 0 Å². The molecule has 5 nitrogen and oxygen atoms in total. The molecule has 0 atom stereocenters. The zero-order valence-corrected chi connectivity index (χ0v) is 10.2. The molecule has 1 aromatic rings. The molecule has 1 fully saturated rings. The summed E-state index contributed by atoms with van der Waals surface area (Å²) in [5, 5.41) is 9.47. The molecule has 1 aromatic heterocycles. The summed E-state index contributed by atoms with van der Waals surface area (Å²) in [4.78, 5) is 10.7. The van der Waals surface area contributed by atoms with E-state index in [0.717, 1.165) is 43.9 Å². The summed E-state index contributed by atoms with van der Waals surface area (Å²) >= 11 is 0. The summed E-state index contributed by atoms with van der Waals surface area (Å²) in [6.07, 6.45) is 3.89. The zero-order valence-electron chi connectivity index (χ0n) is 10.2. The van der Waals surface area contributed by atoms with Gasteiger partial charge in [-0.3, -0.25) is 0 Å². The molecular formula is C12H19N3O2. The first-order valence-electron chi connectivity index (χ1n) is 6.02. The highest BCUT2D eigenvalue weighted by atomic mass is 16.5. The summed E-state index contributed by atoms with van der Waals surface area (Å²) in [5.74, 6) is 0.956. The minimum atomic E-state index is -0.152. The third-order valence-corrected chi connectivity index (χ3v) is 3.06. The SMILES string of the molecule is COCCc1cc(N2CCC(O)CC2)ncn1. The van der Waals surface area contributed by atoms with Crippen LogP contribution in [0.25, 0.3) is 0 Å². The number of anilines is 1. The highest BCUT2D eigenvalue weighted by Crippen LogP contribution is 2.17. The number of ether oxygens (including phenoxy) is 1. The molecule has 0 aromatic carbocycles. The van der Waals surface area contributed by atoms with Gasteiger partial charge in [-0.25, -0.2) is 9.97 Å². The molecule has 0 radical (unpaired) electrons. The first-order valence-corrected chi connectivity index (χ1v) is 6.02. The third-order valence-electron chi connectivity index (χ3n) is 3.06. The number of rotatable bonds is 4. The van der Waals surface area contributed by atoms with Crippen molar-refractivity contribution in [3.63, 3.8) is 0 Å². The van der Waals surface area contributed by atoms with Crippen LogP contribution in [0.1, 0.15) is 18.5 Å². The fourth-order valence-corrected chi connectivity index (χ4v) is 2.00. The van der Waals surface area contributed by atoms with Gasteiger partial charge >= 0.3 is 0 Å². The summed E-state index contributed by atoms with van der Waals surface area (Å²) in [6.45, 7) is 2.40. The van der Waals surface area contributed by atoms with Crippen LogP contribution in [0.4, 0.5) is 5.82 Å². The Morgan fingerprint density at radius 1 is 1.41 bits per heavy atom. The van der Waals surface area contributed by atoms with Crippen molar-refractivity contribution in [3.05, 3.63) is 18.1 Å². The van der Waals surface area contributed by atoms with Crippen molar-refractivity contribution in [1.29, 1.82) is 0 Å². The van der Waals surface area contributed by atoms with E-state index in [1.807, 2.05) is 6.07 Å². The number of aromatic nitrogens is 2. The van der Waals surface area contributed by atoms with Crippen molar-refractivity contribution < 1.29 is 9.84 Å². The van der Waals surface area contributed by atoms with Gasteiger partial charge < -0.3 is 14.7 Å². The monoisotopic (exact) mass is 237 g/mol. The second-order valence-corrected chi connectivity index (χ2v) is 4.33. The molecule has 0 amide bonds. The highest BCUT2D eigenvalue weighted by molar-refractivity contribution is 5.39. The van der Waals surface area contributed by atoms with Crippen molar-refractivity contribution in [3.8, 4) is 0 Å². The molecule has 2 heterocycles. The van der Waals surface area contributed by atoms with Crippen molar-refractivity contribution in [2.24, 2.45) is 0 Å². The predicted octanol–water partition coefficient (Wildman–Crippen LogP) is 0.627. The van der Waals surface area contributed by atoms with Crippen LogP contribution in [0.15, 0.2) is 12.4 Å². The Morgan fingerprint density at radius 3 is 2.88 bits per heavy atom. The van der Waals surface area contributed by atoms with Gasteiger partial charge in [-0.05, 0) is 12.8 Å². The molecule has 0 aliphatic carbocycles. The van der Waals surface area contributed by atoms with Crippen LogP contribution in [-0.4, -0.2) is 48.0 Å². The molecule has 0 spiro atoms. The maximum Gasteiger partial charge on any atom is 0.132 e. The van der Waals surface area contributed by atoms with E-state index in [1.54, 1.807) is 13.4 Å². The van der Waals surface area contributed by atoms with Gasteiger partial charge in [0.2, 0.25) is 0 Å². The first kappa shape index (κ1) is 12.3. The molecule has 5 heteroatoms. The maximum absolute atomic E-state index is 9.47. The van der Waals surface area contributed by atoms with E-state index in [9.17, 15) is 5.11 Å². The lowest BCUT2D eigenvalue weighted by atomic mass is 10.1. The summed E-state index contributed by atoms with van der Waals surface area (Å²) in [5.41, 5.74) is 1.00. The van der Waals surface area contributed by atoms with Gasteiger partial charge in [0.05, 0.1) is 12.7 Å². The molecule has 1 aliphatic heterocycles. The molecular weight excluding hydrogens is 218 g/mol. The molecule has 1 aliphatic rings. The fourth-order valence-electron chi connectivity index (χ4n) is 2.00. The van der Waals surface area contributed by atoms with E-state index in [2.05, 4.69) is 14.9 Å². The standard InChI is InChI=1S/C12H19N3O2/c1-17-7-4-10-8-12(14-9-13-10)15-5-2-11(16)3-6-15/h8-9,11,16H,2-7H2,1H3. The number of hydrogen-bond acceptors (Lipinski definition) is 5. The highest BCUT2D eigenvalue weighted by Gasteiger charge is 2.18. The van der Waals surface area contributed by atoms with Crippen molar-refractivity contribution in [2.45, 2.75) is 25.4 Å². The van der Waals surface area contributed by atoms with Crippen LogP contribution in [0.5, 0.6) is 0 Å². The third kappa shape index (κ3) is 3.38. The van der Waals surface area contributed by atoms with Gasteiger partial charge in [-0.2, -0.15) is 0 Å². The number of aliphatic hydroxyl groups excluding tert-OH is 1. The molecule has 1 saturated heterocycles. The van der Waals surface area contributed by atoms with Gasteiger partial charge in [0.25, 0.3) is 0 Å². The summed E-state index contributed by atoms with van der Waals surface area (Å²) in [6, 6.07) is 2.01. The van der Waals surface area contributed by atoms with E-state index >= 15 is 0 Å². The van der Waals surface area contributed by atoms with Crippen molar-refractivity contribution >= 4 is 5.82 Å². The van der Waals surface area contributed by atoms with Gasteiger partial charge in [0.15, 0.2) is 0 Å². The van der Waals surface area contributed by atoms with Gasteiger partial charge in [0.1, 0.15) is 12.1 Å². The summed E-state index contributed by atoms with van der Waals surface area (Å²) in [7, 11) is 1.69. The molecule has 94 valence electrons. The van der Waals surface area contributed by atoms with Crippen molar-refractivity contribution in [1.82, 2.24) is 9.97 Å².